The number of nitrogens with one attached hydrogen (secondary N) is 1. The van der Waals surface area contributed by atoms with Crippen LogP contribution in [0.15, 0.2) is 54.6 Å². The zero-order valence-corrected chi connectivity index (χ0v) is 14.0. The topological polar surface area (TPSA) is 49.3 Å². The van der Waals surface area contributed by atoms with Crippen LogP contribution in [-0.4, -0.2) is 17.6 Å². The van der Waals surface area contributed by atoms with Crippen LogP contribution in [0.25, 0.3) is 0 Å². The molecule has 0 heterocycles. The minimum Gasteiger partial charge on any atom is -0.384 e. The number of benzene rings is 2. The minimum atomic E-state index is -1.07. The van der Waals surface area contributed by atoms with Crippen molar-refractivity contribution >= 4 is 5.91 Å². The Morgan fingerprint density at radius 1 is 1.13 bits per heavy atom. The molecule has 2 aromatic rings. The van der Waals surface area contributed by atoms with Gasteiger partial charge in [-0.05, 0) is 31.4 Å². The first kappa shape index (κ1) is 17.2. The van der Waals surface area contributed by atoms with E-state index in [1.807, 2.05) is 44.2 Å². The lowest BCUT2D eigenvalue weighted by Crippen LogP contribution is -2.41. The van der Waals surface area contributed by atoms with Crippen LogP contribution in [-0.2, 0) is 16.8 Å². The van der Waals surface area contributed by atoms with E-state index in [-0.39, 0.29) is 18.4 Å². The number of carbonyl (C=O) groups excluding carboxylic acids is 1. The van der Waals surface area contributed by atoms with Gasteiger partial charge in [-0.1, -0.05) is 67.1 Å². The van der Waals surface area contributed by atoms with Crippen LogP contribution in [0.4, 0.5) is 0 Å². The second kappa shape index (κ2) is 7.42. The summed E-state index contributed by atoms with van der Waals surface area (Å²) in [5.74, 6) is -0.175. The monoisotopic (exact) mass is 311 g/mol. The van der Waals surface area contributed by atoms with Gasteiger partial charge in [0.05, 0.1) is 6.54 Å². The minimum absolute atomic E-state index is 0.0400. The Kier molecular flexibility index (Phi) is 5.56. The van der Waals surface area contributed by atoms with Crippen molar-refractivity contribution in [3.63, 3.8) is 0 Å². The molecule has 2 atom stereocenters. The lowest BCUT2D eigenvalue weighted by Gasteiger charge is -2.25. The summed E-state index contributed by atoms with van der Waals surface area (Å²) in [4.78, 5) is 12.3. The van der Waals surface area contributed by atoms with E-state index in [9.17, 15) is 9.90 Å². The van der Waals surface area contributed by atoms with Gasteiger partial charge in [0.1, 0.15) is 5.60 Å². The molecule has 122 valence electrons. The molecule has 0 aliphatic heterocycles. The molecule has 3 heteroatoms. The van der Waals surface area contributed by atoms with Crippen LogP contribution in [0.2, 0.25) is 0 Å². The standard InChI is InChI=1S/C20H25NO2/c1-15-9-11-17(12-10-15)13-16(2)19(22)21-14-20(3,23)18-7-5-4-6-8-18/h4-12,16,23H,13-14H2,1-3H3,(H,21,22). The van der Waals surface area contributed by atoms with Gasteiger partial charge in [0, 0.05) is 5.92 Å². The van der Waals surface area contributed by atoms with Crippen molar-refractivity contribution in [1.82, 2.24) is 5.32 Å². The molecule has 0 saturated carbocycles. The largest absolute Gasteiger partial charge is 0.384 e. The molecule has 2 N–H and O–H groups in total. The highest BCUT2D eigenvalue weighted by Gasteiger charge is 2.24. The first-order valence-electron chi connectivity index (χ1n) is 7.99. The maximum atomic E-state index is 12.3. The first-order valence-corrected chi connectivity index (χ1v) is 7.99. The first-order chi connectivity index (χ1) is 10.9. The molecule has 0 radical (unpaired) electrons. The summed E-state index contributed by atoms with van der Waals surface area (Å²) in [5, 5.41) is 13.4. The maximum absolute atomic E-state index is 12.3. The van der Waals surface area contributed by atoms with Crippen LogP contribution in [0, 0.1) is 12.8 Å². The Morgan fingerprint density at radius 2 is 1.74 bits per heavy atom. The molecule has 0 fully saturated rings. The quantitative estimate of drug-likeness (QED) is 0.861. The van der Waals surface area contributed by atoms with E-state index < -0.39 is 5.60 Å². The second-order valence-electron chi connectivity index (χ2n) is 6.45. The molecule has 0 aliphatic carbocycles. The molecule has 0 bridgehead atoms. The smallest absolute Gasteiger partial charge is 0.223 e. The van der Waals surface area contributed by atoms with E-state index in [0.717, 1.165) is 11.1 Å². The van der Waals surface area contributed by atoms with Gasteiger partial charge in [-0.25, -0.2) is 0 Å². The number of amides is 1. The molecular formula is C20H25NO2. The summed E-state index contributed by atoms with van der Waals surface area (Å²) in [6, 6.07) is 17.6. The molecule has 2 unspecified atom stereocenters. The molecule has 0 aliphatic rings. The average Bonchev–Trinajstić information content (AvgIpc) is 2.55. The molecular weight excluding hydrogens is 286 g/mol. The van der Waals surface area contributed by atoms with Gasteiger partial charge in [0.15, 0.2) is 0 Å². The summed E-state index contributed by atoms with van der Waals surface area (Å²) in [7, 11) is 0. The third-order valence-electron chi connectivity index (χ3n) is 4.11. The summed E-state index contributed by atoms with van der Waals surface area (Å²) < 4.78 is 0. The van der Waals surface area contributed by atoms with E-state index in [1.165, 1.54) is 5.56 Å². The zero-order valence-electron chi connectivity index (χ0n) is 14.0. The number of rotatable bonds is 6. The van der Waals surface area contributed by atoms with Crippen molar-refractivity contribution in [2.24, 2.45) is 5.92 Å². The van der Waals surface area contributed by atoms with Gasteiger partial charge in [0.25, 0.3) is 0 Å². The van der Waals surface area contributed by atoms with Crippen molar-refractivity contribution in [3.05, 3.63) is 71.3 Å². The van der Waals surface area contributed by atoms with E-state index in [2.05, 4.69) is 29.6 Å². The maximum Gasteiger partial charge on any atom is 0.223 e. The second-order valence-corrected chi connectivity index (χ2v) is 6.45. The summed E-state index contributed by atoms with van der Waals surface area (Å²) in [6.45, 7) is 5.87. The van der Waals surface area contributed by atoms with E-state index in [0.29, 0.717) is 6.42 Å². The van der Waals surface area contributed by atoms with Crippen LogP contribution in [0.1, 0.15) is 30.5 Å². The predicted molar refractivity (Wildman–Crippen MR) is 93.1 cm³/mol. The van der Waals surface area contributed by atoms with Crippen LogP contribution < -0.4 is 5.32 Å². The zero-order chi connectivity index (χ0) is 16.9. The Bertz CT molecular complexity index is 632. The highest BCUT2D eigenvalue weighted by atomic mass is 16.3. The fraction of sp³-hybridized carbons (Fsp3) is 0.350. The highest BCUT2D eigenvalue weighted by molar-refractivity contribution is 5.78. The molecule has 1 amide bonds. The lowest BCUT2D eigenvalue weighted by molar-refractivity contribution is -0.125. The normalized spacial score (nSPS) is 14.8. The molecule has 23 heavy (non-hydrogen) atoms. The summed E-state index contributed by atoms with van der Waals surface area (Å²) in [6.07, 6.45) is 0.694. The third kappa shape index (κ3) is 4.93. The number of aryl methyl sites for hydroxylation is 1. The Morgan fingerprint density at radius 3 is 2.35 bits per heavy atom. The van der Waals surface area contributed by atoms with Gasteiger partial charge < -0.3 is 10.4 Å². The number of carbonyl (C=O) groups is 1. The van der Waals surface area contributed by atoms with E-state index >= 15 is 0 Å². The predicted octanol–water partition coefficient (Wildman–Crippen LogP) is 3.20. The number of hydrogen-bond acceptors (Lipinski definition) is 2. The highest BCUT2D eigenvalue weighted by Crippen LogP contribution is 2.19. The van der Waals surface area contributed by atoms with Crippen LogP contribution in [0.5, 0.6) is 0 Å². The van der Waals surface area contributed by atoms with Crippen LogP contribution >= 0.6 is 0 Å². The lowest BCUT2D eigenvalue weighted by atomic mass is 9.95. The van der Waals surface area contributed by atoms with Gasteiger partial charge in [-0.2, -0.15) is 0 Å². The number of hydrogen-bond donors (Lipinski definition) is 2. The van der Waals surface area contributed by atoms with Gasteiger partial charge in [-0.3, -0.25) is 4.79 Å². The average molecular weight is 311 g/mol. The van der Waals surface area contributed by atoms with E-state index in [1.54, 1.807) is 6.92 Å². The third-order valence-corrected chi connectivity index (χ3v) is 4.11. The molecule has 3 nitrogen and oxygen atoms in total. The Labute approximate surface area is 138 Å². The van der Waals surface area contributed by atoms with Crippen molar-refractivity contribution in [1.29, 1.82) is 0 Å². The van der Waals surface area contributed by atoms with Gasteiger partial charge >= 0.3 is 0 Å². The van der Waals surface area contributed by atoms with Gasteiger partial charge in [-0.15, -0.1) is 0 Å². The summed E-state index contributed by atoms with van der Waals surface area (Å²) >= 11 is 0. The fourth-order valence-electron chi connectivity index (χ4n) is 2.50. The number of aliphatic hydroxyl groups is 1. The van der Waals surface area contributed by atoms with Crippen molar-refractivity contribution in [2.75, 3.05) is 6.54 Å². The molecule has 0 aromatic heterocycles. The summed E-state index contributed by atoms with van der Waals surface area (Å²) in [5.41, 5.74) is 2.09. The molecule has 2 rings (SSSR count). The molecule has 0 spiro atoms. The Balaban J connectivity index is 1.90. The van der Waals surface area contributed by atoms with E-state index in [4.69, 9.17) is 0 Å². The van der Waals surface area contributed by atoms with Gasteiger partial charge in [0.2, 0.25) is 5.91 Å². The van der Waals surface area contributed by atoms with Crippen molar-refractivity contribution < 1.29 is 9.90 Å². The van der Waals surface area contributed by atoms with Crippen molar-refractivity contribution in [3.8, 4) is 0 Å². The van der Waals surface area contributed by atoms with Crippen molar-refractivity contribution in [2.45, 2.75) is 32.8 Å². The molecule has 2 aromatic carbocycles. The fourth-order valence-corrected chi connectivity index (χ4v) is 2.50. The van der Waals surface area contributed by atoms with Crippen LogP contribution in [0.3, 0.4) is 0 Å². The molecule has 0 saturated heterocycles. The SMILES string of the molecule is Cc1ccc(CC(C)C(=O)NCC(C)(O)c2ccccc2)cc1. The Hall–Kier alpha value is -2.13.